The van der Waals surface area contributed by atoms with E-state index in [0.717, 1.165) is 5.56 Å². The number of thioether (sulfide) groups is 1. The monoisotopic (exact) mass is 561 g/mol. The molecular formula is C25H35N7O6S. The number of aromatic nitrogens is 2. The van der Waals surface area contributed by atoms with Crippen LogP contribution in [-0.2, 0) is 36.8 Å². The van der Waals surface area contributed by atoms with Gasteiger partial charge in [-0.2, -0.15) is 11.8 Å². The molecule has 2 aromatic rings. The molecule has 1 heterocycles. The Morgan fingerprint density at radius 1 is 0.949 bits per heavy atom. The lowest BCUT2D eigenvalue weighted by atomic mass is 10.0. The normalized spacial score (nSPS) is 13.9. The number of carboxylic acid groups (broad SMARTS) is 1. The SMILES string of the molecule is CSCCC(NC(=O)C(N)Cc1ccccc1)C(=O)NC(Cc1cnc[nH]1)C(=O)NC(CCC(N)=O)C(=O)O. The van der Waals surface area contributed by atoms with Gasteiger partial charge in [-0.25, -0.2) is 9.78 Å². The fourth-order valence-electron chi connectivity index (χ4n) is 3.66. The number of aromatic amines is 1. The standard InChI is InChI=1S/C25H35N7O6S/c1-39-10-9-18(30-22(34)17(26)11-15-5-3-2-4-6-15)23(35)32-20(12-16-13-28-14-29-16)24(36)31-19(25(37)38)7-8-21(27)33/h2-6,13-14,17-20H,7-12,26H2,1H3,(H2,27,33)(H,28,29)(H,30,34)(H,31,36)(H,32,35)(H,37,38). The lowest BCUT2D eigenvalue weighted by Gasteiger charge is -2.25. The van der Waals surface area contributed by atoms with Crippen LogP contribution < -0.4 is 27.4 Å². The first kappa shape index (κ1) is 31.3. The van der Waals surface area contributed by atoms with Crippen molar-refractivity contribution in [3.63, 3.8) is 0 Å². The topological polar surface area (TPSA) is 222 Å². The summed E-state index contributed by atoms with van der Waals surface area (Å²) in [5.41, 5.74) is 12.6. The second-order valence-corrected chi connectivity index (χ2v) is 9.87. The largest absolute Gasteiger partial charge is 0.480 e. The molecule has 0 saturated carbocycles. The summed E-state index contributed by atoms with van der Waals surface area (Å²) in [6, 6.07) is 4.72. The van der Waals surface area contributed by atoms with E-state index in [-0.39, 0.29) is 32.1 Å². The molecule has 14 heteroatoms. The van der Waals surface area contributed by atoms with Crippen LogP contribution in [0.5, 0.6) is 0 Å². The van der Waals surface area contributed by atoms with Crippen molar-refractivity contribution in [2.24, 2.45) is 11.5 Å². The van der Waals surface area contributed by atoms with Crippen LogP contribution in [0.2, 0.25) is 0 Å². The van der Waals surface area contributed by atoms with Crippen LogP contribution in [0.1, 0.15) is 30.5 Å². The predicted octanol–water partition coefficient (Wildman–Crippen LogP) is -0.920. The minimum absolute atomic E-state index is 0.0313. The molecule has 4 amide bonds. The number of carbonyl (C=O) groups is 5. The molecule has 9 N–H and O–H groups in total. The van der Waals surface area contributed by atoms with Crippen molar-refractivity contribution in [2.45, 2.75) is 56.3 Å². The van der Waals surface area contributed by atoms with Gasteiger partial charge in [-0.1, -0.05) is 30.3 Å². The van der Waals surface area contributed by atoms with Crippen LogP contribution >= 0.6 is 11.8 Å². The number of nitrogens with one attached hydrogen (secondary N) is 4. The zero-order valence-corrected chi connectivity index (χ0v) is 22.4. The summed E-state index contributed by atoms with van der Waals surface area (Å²) in [7, 11) is 0. The first-order valence-electron chi connectivity index (χ1n) is 12.3. The van der Waals surface area contributed by atoms with E-state index in [1.54, 1.807) is 0 Å². The maximum Gasteiger partial charge on any atom is 0.326 e. The number of benzene rings is 1. The maximum atomic E-state index is 13.3. The summed E-state index contributed by atoms with van der Waals surface area (Å²) < 4.78 is 0. The smallest absolute Gasteiger partial charge is 0.326 e. The Morgan fingerprint density at radius 3 is 2.18 bits per heavy atom. The molecule has 1 aromatic carbocycles. The minimum Gasteiger partial charge on any atom is -0.480 e. The van der Waals surface area contributed by atoms with E-state index >= 15 is 0 Å². The van der Waals surface area contributed by atoms with E-state index in [2.05, 4.69) is 25.9 Å². The van der Waals surface area contributed by atoms with Crippen LogP contribution in [0.3, 0.4) is 0 Å². The molecule has 2 rings (SSSR count). The van der Waals surface area contributed by atoms with Crippen LogP contribution in [0.25, 0.3) is 0 Å². The Bertz CT molecular complexity index is 1100. The maximum absolute atomic E-state index is 13.3. The molecule has 0 spiro atoms. The van der Waals surface area contributed by atoms with Crippen molar-refractivity contribution in [3.05, 3.63) is 54.1 Å². The highest BCUT2D eigenvalue weighted by Crippen LogP contribution is 2.07. The summed E-state index contributed by atoms with van der Waals surface area (Å²) in [6.07, 6.45) is 4.76. The highest BCUT2D eigenvalue weighted by atomic mass is 32.2. The summed E-state index contributed by atoms with van der Waals surface area (Å²) >= 11 is 1.48. The molecule has 1 aromatic heterocycles. The fourth-order valence-corrected chi connectivity index (χ4v) is 4.13. The third-order valence-corrected chi connectivity index (χ3v) is 6.43. The molecule has 0 fully saturated rings. The molecule has 0 bridgehead atoms. The van der Waals surface area contributed by atoms with Gasteiger partial charge in [0.25, 0.3) is 0 Å². The molecule has 13 nitrogen and oxygen atoms in total. The van der Waals surface area contributed by atoms with E-state index in [1.807, 2.05) is 36.6 Å². The van der Waals surface area contributed by atoms with Gasteiger partial charge in [0.15, 0.2) is 0 Å². The highest BCUT2D eigenvalue weighted by molar-refractivity contribution is 7.98. The summed E-state index contributed by atoms with van der Waals surface area (Å²) in [6.45, 7) is 0. The first-order valence-corrected chi connectivity index (χ1v) is 13.7. The molecule has 0 radical (unpaired) electrons. The lowest BCUT2D eigenvalue weighted by molar-refractivity contribution is -0.142. The quantitative estimate of drug-likeness (QED) is 0.127. The van der Waals surface area contributed by atoms with Crippen molar-refractivity contribution in [3.8, 4) is 0 Å². The number of primary amides is 1. The van der Waals surface area contributed by atoms with Gasteiger partial charge in [0.05, 0.1) is 12.4 Å². The molecular weight excluding hydrogens is 526 g/mol. The van der Waals surface area contributed by atoms with Crippen molar-refractivity contribution in [2.75, 3.05) is 12.0 Å². The fraction of sp³-hybridized carbons (Fsp3) is 0.440. The number of carbonyl (C=O) groups excluding carboxylic acids is 4. The Balaban J connectivity index is 2.15. The van der Waals surface area contributed by atoms with Gasteiger partial charge >= 0.3 is 5.97 Å². The van der Waals surface area contributed by atoms with E-state index in [9.17, 15) is 29.1 Å². The number of rotatable bonds is 17. The molecule has 4 atom stereocenters. The molecule has 212 valence electrons. The second-order valence-electron chi connectivity index (χ2n) is 8.89. The molecule has 0 aliphatic rings. The van der Waals surface area contributed by atoms with Gasteiger partial charge in [0.2, 0.25) is 23.6 Å². The second kappa shape index (κ2) is 16.1. The molecule has 39 heavy (non-hydrogen) atoms. The van der Waals surface area contributed by atoms with Gasteiger partial charge in [-0.3, -0.25) is 19.2 Å². The first-order chi connectivity index (χ1) is 18.6. The summed E-state index contributed by atoms with van der Waals surface area (Å²) in [5, 5.41) is 17.1. The Hall–Kier alpha value is -3.91. The third-order valence-electron chi connectivity index (χ3n) is 5.78. The molecule has 4 unspecified atom stereocenters. The van der Waals surface area contributed by atoms with Crippen molar-refractivity contribution < 1.29 is 29.1 Å². The van der Waals surface area contributed by atoms with Crippen LogP contribution in [-0.4, -0.2) is 80.8 Å². The number of H-pyrrole nitrogens is 1. The van der Waals surface area contributed by atoms with Crippen molar-refractivity contribution >= 4 is 41.4 Å². The number of hydrogen-bond donors (Lipinski definition) is 7. The zero-order valence-electron chi connectivity index (χ0n) is 21.6. The number of amides is 4. The van der Waals surface area contributed by atoms with E-state index in [1.165, 1.54) is 24.3 Å². The molecule has 0 aliphatic heterocycles. The van der Waals surface area contributed by atoms with Gasteiger partial charge in [-0.15, -0.1) is 0 Å². The predicted molar refractivity (Wildman–Crippen MR) is 145 cm³/mol. The van der Waals surface area contributed by atoms with Gasteiger partial charge in [0.1, 0.15) is 18.1 Å². The average Bonchev–Trinajstić information content (AvgIpc) is 3.41. The van der Waals surface area contributed by atoms with Crippen LogP contribution in [0.4, 0.5) is 0 Å². The summed E-state index contributed by atoms with van der Waals surface area (Å²) in [5.74, 6) is -3.47. The number of aliphatic carboxylic acids is 1. The Labute approximate surface area is 230 Å². The number of nitrogens with zero attached hydrogens (tertiary/aromatic N) is 1. The van der Waals surface area contributed by atoms with Gasteiger partial charge in [-0.05, 0) is 36.8 Å². The van der Waals surface area contributed by atoms with Crippen molar-refractivity contribution in [1.82, 2.24) is 25.9 Å². The highest BCUT2D eigenvalue weighted by Gasteiger charge is 2.30. The zero-order chi connectivity index (χ0) is 28.8. The number of carboxylic acids is 1. The minimum atomic E-state index is -1.39. The average molecular weight is 562 g/mol. The molecule has 0 saturated heterocycles. The van der Waals surface area contributed by atoms with E-state index in [4.69, 9.17) is 11.5 Å². The Morgan fingerprint density at radius 2 is 1.59 bits per heavy atom. The number of imidazole rings is 1. The number of hydrogen-bond acceptors (Lipinski definition) is 8. The van der Waals surface area contributed by atoms with E-state index < -0.39 is 53.8 Å². The van der Waals surface area contributed by atoms with Crippen molar-refractivity contribution in [1.29, 1.82) is 0 Å². The van der Waals surface area contributed by atoms with Gasteiger partial charge < -0.3 is 37.5 Å². The van der Waals surface area contributed by atoms with Crippen LogP contribution in [0.15, 0.2) is 42.9 Å². The van der Waals surface area contributed by atoms with E-state index in [0.29, 0.717) is 11.4 Å². The molecule has 0 aliphatic carbocycles. The third kappa shape index (κ3) is 11.2. The van der Waals surface area contributed by atoms with Gasteiger partial charge in [0, 0.05) is 24.7 Å². The summed E-state index contributed by atoms with van der Waals surface area (Å²) in [4.78, 5) is 68.7. The Kier molecular flexibility index (Phi) is 13.0. The number of nitrogens with two attached hydrogens (primary N) is 2. The lowest BCUT2D eigenvalue weighted by Crippen LogP contribution is -2.58. The van der Waals surface area contributed by atoms with Crippen LogP contribution in [0, 0.1) is 0 Å².